The Labute approximate surface area is 209 Å². The van der Waals surface area contributed by atoms with E-state index >= 15 is 0 Å². The third-order valence-electron chi connectivity index (χ3n) is 6.21. The number of pyridine rings is 1. The Morgan fingerprint density at radius 1 is 1.11 bits per heavy atom. The number of aromatic nitrogens is 1. The van der Waals surface area contributed by atoms with E-state index in [2.05, 4.69) is 44.7 Å². The van der Waals surface area contributed by atoms with Gasteiger partial charge in [-0.25, -0.2) is 10.4 Å². The number of hydrogen-bond acceptors (Lipinski definition) is 5. The molecule has 0 radical (unpaired) electrons. The molecule has 35 heavy (non-hydrogen) atoms. The normalized spacial score (nSPS) is 13.7. The molecule has 1 N–H and O–H groups in total. The van der Waals surface area contributed by atoms with Crippen molar-refractivity contribution in [3.8, 4) is 5.75 Å². The number of methoxy groups -OCH3 is 1. The number of benzene rings is 3. The number of rotatable bonds is 6. The van der Waals surface area contributed by atoms with E-state index in [0.717, 1.165) is 37.0 Å². The zero-order chi connectivity index (χ0) is 24.2. The van der Waals surface area contributed by atoms with Crippen molar-refractivity contribution >= 4 is 34.6 Å². The molecule has 0 saturated heterocycles. The van der Waals surface area contributed by atoms with Crippen LogP contribution in [0, 0.1) is 0 Å². The first-order chi connectivity index (χ1) is 17.1. The summed E-state index contributed by atoms with van der Waals surface area (Å²) in [5.41, 5.74) is 8.47. The summed E-state index contributed by atoms with van der Waals surface area (Å²) in [7, 11) is 1.61. The maximum Gasteiger partial charge on any atom is 0.271 e. The van der Waals surface area contributed by atoms with Crippen LogP contribution >= 0.6 is 11.6 Å². The Balaban J connectivity index is 1.19. The van der Waals surface area contributed by atoms with Gasteiger partial charge in [0.25, 0.3) is 5.91 Å². The van der Waals surface area contributed by atoms with E-state index in [9.17, 15) is 4.79 Å². The number of ether oxygens (including phenoxy) is 1. The standard InChI is InChI=1S/C28H25ClN4O2/c1-35-25-11-10-22-14-24(27(29)31-26(22)15-25)16-30-32-28(34)21-8-6-19(7-9-21)17-33-13-12-20-4-2-3-5-23(20)18-33/h2-11,14-16H,12-13,17-18H2,1H3,(H,32,34)/b30-16+. The summed E-state index contributed by atoms with van der Waals surface area (Å²) in [5.74, 6) is 0.427. The summed E-state index contributed by atoms with van der Waals surface area (Å²) in [5, 5.41) is 5.27. The highest BCUT2D eigenvalue weighted by atomic mass is 35.5. The average molecular weight is 485 g/mol. The summed E-state index contributed by atoms with van der Waals surface area (Å²) >= 11 is 6.30. The zero-order valence-electron chi connectivity index (χ0n) is 19.4. The quantitative estimate of drug-likeness (QED) is 0.231. The lowest BCUT2D eigenvalue weighted by Crippen LogP contribution is -2.30. The average Bonchev–Trinajstić information content (AvgIpc) is 2.89. The molecule has 1 amide bonds. The first-order valence-electron chi connectivity index (χ1n) is 11.4. The fraction of sp³-hybridized carbons (Fsp3) is 0.179. The molecule has 0 saturated carbocycles. The van der Waals surface area contributed by atoms with Gasteiger partial charge in [-0.1, -0.05) is 48.0 Å². The summed E-state index contributed by atoms with van der Waals surface area (Å²) in [6, 6.07) is 23.7. The molecule has 2 heterocycles. The maximum atomic E-state index is 12.5. The number of hydrogen-bond donors (Lipinski definition) is 1. The molecule has 1 aliphatic heterocycles. The van der Waals surface area contributed by atoms with Crippen LogP contribution in [0.5, 0.6) is 5.75 Å². The summed E-state index contributed by atoms with van der Waals surface area (Å²) in [4.78, 5) is 19.4. The van der Waals surface area contributed by atoms with E-state index in [1.54, 1.807) is 7.11 Å². The lowest BCUT2D eigenvalue weighted by molar-refractivity contribution is 0.0955. The number of carbonyl (C=O) groups is 1. The predicted molar refractivity (Wildman–Crippen MR) is 139 cm³/mol. The molecule has 0 unspecified atom stereocenters. The van der Waals surface area contributed by atoms with Gasteiger partial charge in [-0.2, -0.15) is 5.10 Å². The van der Waals surface area contributed by atoms with E-state index in [4.69, 9.17) is 16.3 Å². The number of halogens is 1. The number of nitrogens with one attached hydrogen (secondary N) is 1. The van der Waals surface area contributed by atoms with Crippen LogP contribution in [0.1, 0.15) is 32.6 Å². The third-order valence-corrected chi connectivity index (χ3v) is 6.51. The van der Waals surface area contributed by atoms with Crippen molar-refractivity contribution in [2.24, 2.45) is 5.10 Å². The number of amides is 1. The first kappa shape index (κ1) is 23.0. The molecule has 0 fully saturated rings. The highest BCUT2D eigenvalue weighted by Gasteiger charge is 2.16. The Morgan fingerprint density at radius 3 is 2.71 bits per heavy atom. The minimum atomic E-state index is -0.283. The van der Waals surface area contributed by atoms with E-state index in [0.29, 0.717) is 22.0 Å². The van der Waals surface area contributed by atoms with Gasteiger partial charge in [-0.05, 0) is 53.4 Å². The number of nitrogens with zero attached hydrogens (tertiary/aromatic N) is 3. The zero-order valence-corrected chi connectivity index (χ0v) is 20.1. The third kappa shape index (κ3) is 5.34. The van der Waals surface area contributed by atoms with Crippen LogP contribution in [-0.4, -0.2) is 35.7 Å². The van der Waals surface area contributed by atoms with Crippen molar-refractivity contribution in [2.45, 2.75) is 19.5 Å². The second-order valence-corrected chi connectivity index (χ2v) is 8.91. The minimum Gasteiger partial charge on any atom is -0.497 e. The molecular formula is C28H25ClN4O2. The molecule has 6 nitrogen and oxygen atoms in total. The maximum absolute atomic E-state index is 12.5. The molecule has 7 heteroatoms. The molecule has 5 rings (SSSR count). The molecule has 3 aromatic carbocycles. The van der Waals surface area contributed by atoms with Gasteiger partial charge < -0.3 is 4.74 Å². The largest absolute Gasteiger partial charge is 0.497 e. The summed E-state index contributed by atoms with van der Waals surface area (Å²) in [6.07, 6.45) is 2.57. The van der Waals surface area contributed by atoms with Gasteiger partial charge in [0.05, 0.1) is 18.8 Å². The van der Waals surface area contributed by atoms with Gasteiger partial charge >= 0.3 is 0 Å². The summed E-state index contributed by atoms with van der Waals surface area (Å²) < 4.78 is 5.22. The van der Waals surface area contributed by atoms with Crippen molar-refractivity contribution in [3.05, 3.63) is 106 Å². The topological polar surface area (TPSA) is 66.8 Å². The Kier molecular flexibility index (Phi) is 6.75. The van der Waals surface area contributed by atoms with Crippen molar-refractivity contribution in [3.63, 3.8) is 0 Å². The molecule has 0 aliphatic carbocycles. The number of hydrazone groups is 1. The first-order valence-corrected chi connectivity index (χ1v) is 11.8. The van der Waals surface area contributed by atoms with Gasteiger partial charge in [0, 0.05) is 42.2 Å². The monoisotopic (exact) mass is 484 g/mol. The molecule has 4 aromatic rings. The van der Waals surface area contributed by atoms with Crippen molar-refractivity contribution in [2.75, 3.05) is 13.7 Å². The lowest BCUT2D eigenvalue weighted by Gasteiger charge is -2.28. The van der Waals surface area contributed by atoms with Crippen LogP contribution < -0.4 is 10.2 Å². The fourth-order valence-corrected chi connectivity index (χ4v) is 4.49. The van der Waals surface area contributed by atoms with Crippen LogP contribution in [-0.2, 0) is 19.5 Å². The van der Waals surface area contributed by atoms with Crippen LogP contribution in [0.25, 0.3) is 10.9 Å². The molecule has 176 valence electrons. The van der Waals surface area contributed by atoms with E-state index < -0.39 is 0 Å². The van der Waals surface area contributed by atoms with Gasteiger partial charge in [0.2, 0.25) is 0 Å². The van der Waals surface area contributed by atoms with Crippen LogP contribution in [0.2, 0.25) is 5.15 Å². The Hall–Kier alpha value is -3.74. The molecule has 0 spiro atoms. The van der Waals surface area contributed by atoms with Gasteiger partial charge in [0.15, 0.2) is 0 Å². The Morgan fingerprint density at radius 2 is 1.91 bits per heavy atom. The lowest BCUT2D eigenvalue weighted by atomic mass is 9.99. The van der Waals surface area contributed by atoms with E-state index in [1.165, 1.54) is 22.9 Å². The predicted octanol–water partition coefficient (Wildman–Crippen LogP) is 5.22. The second kappa shape index (κ2) is 10.3. The highest BCUT2D eigenvalue weighted by molar-refractivity contribution is 6.32. The van der Waals surface area contributed by atoms with Crippen LogP contribution in [0.3, 0.4) is 0 Å². The molecule has 0 bridgehead atoms. The van der Waals surface area contributed by atoms with Gasteiger partial charge in [-0.15, -0.1) is 0 Å². The molecule has 0 atom stereocenters. The highest BCUT2D eigenvalue weighted by Crippen LogP contribution is 2.23. The smallest absolute Gasteiger partial charge is 0.271 e. The van der Waals surface area contributed by atoms with Crippen LogP contribution in [0.4, 0.5) is 0 Å². The fourth-order valence-electron chi connectivity index (χ4n) is 4.29. The minimum absolute atomic E-state index is 0.283. The SMILES string of the molecule is COc1ccc2cc(/C=N/NC(=O)c3ccc(CN4CCc5ccccc5C4)cc3)c(Cl)nc2c1. The molecule has 1 aromatic heterocycles. The second-order valence-electron chi connectivity index (χ2n) is 8.55. The van der Waals surface area contributed by atoms with Crippen LogP contribution in [0.15, 0.2) is 77.9 Å². The number of carbonyl (C=O) groups excluding carboxylic acids is 1. The van der Waals surface area contributed by atoms with Gasteiger partial charge in [0.1, 0.15) is 10.9 Å². The number of fused-ring (bicyclic) bond motifs is 2. The van der Waals surface area contributed by atoms with E-state index in [1.807, 2.05) is 48.5 Å². The van der Waals surface area contributed by atoms with Crippen molar-refractivity contribution in [1.82, 2.24) is 15.3 Å². The Bertz CT molecular complexity index is 1400. The van der Waals surface area contributed by atoms with E-state index in [-0.39, 0.29) is 5.91 Å². The molecular weight excluding hydrogens is 460 g/mol. The van der Waals surface area contributed by atoms with Gasteiger partial charge in [-0.3, -0.25) is 9.69 Å². The van der Waals surface area contributed by atoms with Crippen molar-refractivity contribution < 1.29 is 9.53 Å². The summed E-state index contributed by atoms with van der Waals surface area (Å²) in [6.45, 7) is 2.84. The molecule has 1 aliphatic rings. The van der Waals surface area contributed by atoms with Crippen molar-refractivity contribution in [1.29, 1.82) is 0 Å².